The summed E-state index contributed by atoms with van der Waals surface area (Å²) in [5, 5.41) is 15.6. The van der Waals surface area contributed by atoms with Crippen LogP contribution in [0.2, 0.25) is 5.02 Å². The molecule has 184 valence electrons. The molecule has 0 spiro atoms. The summed E-state index contributed by atoms with van der Waals surface area (Å²) in [5.41, 5.74) is 0.718. The Labute approximate surface area is 205 Å². The minimum absolute atomic E-state index is 0.00210. The van der Waals surface area contributed by atoms with Crippen LogP contribution >= 0.6 is 11.6 Å². The van der Waals surface area contributed by atoms with E-state index in [0.29, 0.717) is 28.8 Å². The Morgan fingerprint density at radius 2 is 1.97 bits per heavy atom. The molecule has 36 heavy (non-hydrogen) atoms. The van der Waals surface area contributed by atoms with Crippen LogP contribution in [0.4, 0.5) is 29.2 Å². The van der Waals surface area contributed by atoms with Gasteiger partial charge in [0.2, 0.25) is 5.95 Å². The first-order valence-corrected chi connectivity index (χ1v) is 10.9. The van der Waals surface area contributed by atoms with E-state index in [-0.39, 0.29) is 22.7 Å². The van der Waals surface area contributed by atoms with Crippen molar-refractivity contribution in [1.29, 1.82) is 0 Å². The summed E-state index contributed by atoms with van der Waals surface area (Å²) < 4.78 is 54.1. The van der Waals surface area contributed by atoms with E-state index in [1.165, 1.54) is 24.5 Å². The molecule has 2 atom stereocenters. The number of hydrogen-bond acceptors (Lipinski definition) is 6. The number of carbonyl (C=O) groups is 1. The second kappa shape index (κ2) is 8.86. The van der Waals surface area contributed by atoms with Gasteiger partial charge >= 0.3 is 12.1 Å². The Balaban J connectivity index is 1.56. The number of nitrogens with one attached hydrogen (secondary N) is 1. The third-order valence-electron chi connectivity index (χ3n) is 5.65. The van der Waals surface area contributed by atoms with Crippen molar-refractivity contribution in [2.45, 2.75) is 18.5 Å². The number of aromatic nitrogens is 5. The smallest absolute Gasteiger partial charge is 0.435 e. The first kappa shape index (κ1) is 23.7. The average molecular weight is 519 g/mol. The van der Waals surface area contributed by atoms with Crippen molar-refractivity contribution in [1.82, 2.24) is 24.7 Å². The largest absolute Gasteiger partial charge is 0.481 e. The maximum Gasteiger partial charge on any atom is 0.435 e. The molecule has 1 fully saturated rings. The number of hydrogen-bond donors (Lipinski definition) is 2. The predicted octanol–water partition coefficient (Wildman–Crippen LogP) is 5.47. The number of carboxylic acid groups (broad SMARTS) is 1. The molecular formula is C23H15ClF4N6O2. The molecule has 0 saturated heterocycles. The molecule has 0 unspecified atom stereocenters. The minimum Gasteiger partial charge on any atom is -0.481 e. The van der Waals surface area contributed by atoms with Gasteiger partial charge in [-0.2, -0.15) is 23.3 Å². The summed E-state index contributed by atoms with van der Waals surface area (Å²) in [5.74, 6) is -2.22. The molecule has 5 rings (SSSR count). The SMILES string of the molecule is O=C(O)[C@@H]1C[C@H]1c1cncc(-c2cnc(Nc3ccc(F)c(Cl)c3)nc2-n2ccc(C(F)(F)F)n2)c1. The highest BCUT2D eigenvalue weighted by Gasteiger charge is 2.44. The lowest BCUT2D eigenvalue weighted by Gasteiger charge is -2.13. The van der Waals surface area contributed by atoms with Gasteiger partial charge < -0.3 is 10.4 Å². The number of carboxylic acids is 1. The number of anilines is 2. The van der Waals surface area contributed by atoms with E-state index >= 15 is 0 Å². The van der Waals surface area contributed by atoms with Gasteiger partial charge in [-0.3, -0.25) is 9.78 Å². The zero-order chi connectivity index (χ0) is 25.6. The van der Waals surface area contributed by atoms with Crippen molar-refractivity contribution in [3.05, 3.63) is 77.2 Å². The zero-order valence-corrected chi connectivity index (χ0v) is 18.8. The van der Waals surface area contributed by atoms with Crippen LogP contribution in [0.3, 0.4) is 0 Å². The molecule has 1 aromatic carbocycles. The molecule has 2 N–H and O–H groups in total. The molecule has 3 aromatic heterocycles. The molecule has 1 aliphatic carbocycles. The normalized spacial score (nSPS) is 17.1. The van der Waals surface area contributed by atoms with Gasteiger partial charge in [-0.15, -0.1) is 0 Å². The molecule has 4 aromatic rings. The van der Waals surface area contributed by atoms with Crippen LogP contribution in [0.5, 0.6) is 0 Å². The molecule has 0 radical (unpaired) electrons. The monoisotopic (exact) mass is 518 g/mol. The standard InChI is InChI=1S/C23H15ClF4N6O2/c24-17-6-13(1-2-18(17)25)31-22-30-10-16(20(32-22)34-4-3-19(33-34)23(26,27)28)12-5-11(8-29-9-12)14-7-15(14)21(35)36/h1-6,8-10,14-15H,7H2,(H,35,36)(H,30,31,32)/t14-,15+/m0/s1. The number of alkyl halides is 3. The minimum atomic E-state index is -4.66. The highest BCUT2D eigenvalue weighted by atomic mass is 35.5. The van der Waals surface area contributed by atoms with Gasteiger partial charge in [-0.25, -0.2) is 14.1 Å². The average Bonchev–Trinajstić information content (AvgIpc) is 3.49. The molecule has 3 heterocycles. The first-order valence-electron chi connectivity index (χ1n) is 10.5. The van der Waals surface area contributed by atoms with Crippen molar-refractivity contribution in [2.75, 3.05) is 5.32 Å². The van der Waals surface area contributed by atoms with Crippen LogP contribution in [-0.2, 0) is 11.0 Å². The van der Waals surface area contributed by atoms with Gasteiger partial charge in [-0.1, -0.05) is 11.6 Å². The van der Waals surface area contributed by atoms with E-state index in [4.69, 9.17) is 11.6 Å². The van der Waals surface area contributed by atoms with Crippen LogP contribution in [0.15, 0.2) is 55.1 Å². The lowest BCUT2D eigenvalue weighted by atomic mass is 10.1. The second-order valence-corrected chi connectivity index (χ2v) is 8.53. The summed E-state index contributed by atoms with van der Waals surface area (Å²) in [6, 6.07) is 6.38. The van der Waals surface area contributed by atoms with E-state index in [1.54, 1.807) is 12.3 Å². The number of benzene rings is 1. The van der Waals surface area contributed by atoms with Gasteiger partial charge in [0.25, 0.3) is 0 Å². The maximum absolute atomic E-state index is 13.5. The third kappa shape index (κ3) is 4.71. The van der Waals surface area contributed by atoms with Crippen molar-refractivity contribution in [3.8, 4) is 16.9 Å². The van der Waals surface area contributed by atoms with Gasteiger partial charge in [0.05, 0.1) is 10.9 Å². The molecule has 0 aliphatic heterocycles. The van der Waals surface area contributed by atoms with Crippen LogP contribution < -0.4 is 5.32 Å². The predicted molar refractivity (Wildman–Crippen MR) is 121 cm³/mol. The molecule has 0 amide bonds. The van der Waals surface area contributed by atoms with Crippen molar-refractivity contribution in [2.24, 2.45) is 5.92 Å². The van der Waals surface area contributed by atoms with E-state index in [9.17, 15) is 27.5 Å². The van der Waals surface area contributed by atoms with Gasteiger partial charge in [0.15, 0.2) is 11.5 Å². The molecule has 1 aliphatic rings. The van der Waals surface area contributed by atoms with E-state index in [0.717, 1.165) is 23.0 Å². The van der Waals surface area contributed by atoms with Crippen LogP contribution in [0.1, 0.15) is 23.6 Å². The van der Waals surface area contributed by atoms with Crippen molar-refractivity contribution < 1.29 is 27.5 Å². The molecule has 13 heteroatoms. The maximum atomic E-state index is 13.5. The summed E-state index contributed by atoms with van der Waals surface area (Å²) in [6.45, 7) is 0. The Morgan fingerprint density at radius 3 is 2.64 bits per heavy atom. The fourth-order valence-corrected chi connectivity index (χ4v) is 3.93. The van der Waals surface area contributed by atoms with E-state index in [1.807, 2.05) is 0 Å². The fourth-order valence-electron chi connectivity index (χ4n) is 3.75. The van der Waals surface area contributed by atoms with E-state index < -0.39 is 29.6 Å². The van der Waals surface area contributed by atoms with Gasteiger partial charge in [-0.05, 0) is 48.2 Å². The molecule has 0 bridgehead atoms. The van der Waals surface area contributed by atoms with Crippen molar-refractivity contribution in [3.63, 3.8) is 0 Å². The Bertz CT molecular complexity index is 1480. The highest BCUT2D eigenvalue weighted by molar-refractivity contribution is 6.31. The number of pyridine rings is 1. The molecule has 1 saturated carbocycles. The number of nitrogens with zero attached hydrogens (tertiary/aromatic N) is 5. The number of aliphatic carboxylic acids is 1. The Hall–Kier alpha value is -4.06. The zero-order valence-electron chi connectivity index (χ0n) is 18.0. The van der Waals surface area contributed by atoms with Crippen LogP contribution in [0, 0.1) is 11.7 Å². The van der Waals surface area contributed by atoms with Gasteiger partial charge in [0.1, 0.15) is 5.82 Å². The molecule has 8 nitrogen and oxygen atoms in total. The summed E-state index contributed by atoms with van der Waals surface area (Å²) in [7, 11) is 0. The summed E-state index contributed by atoms with van der Waals surface area (Å²) >= 11 is 5.81. The third-order valence-corrected chi connectivity index (χ3v) is 5.94. The topological polar surface area (TPSA) is 106 Å². The Kier molecular flexibility index (Phi) is 5.83. The van der Waals surface area contributed by atoms with Crippen molar-refractivity contribution >= 4 is 29.2 Å². The van der Waals surface area contributed by atoms with E-state index in [2.05, 4.69) is 25.4 Å². The van der Waals surface area contributed by atoms with Crippen LogP contribution in [0.25, 0.3) is 16.9 Å². The molecular weight excluding hydrogens is 504 g/mol. The number of rotatable bonds is 6. The summed E-state index contributed by atoms with van der Waals surface area (Å²) in [6.07, 6.45) is 1.34. The highest BCUT2D eigenvalue weighted by Crippen LogP contribution is 2.48. The second-order valence-electron chi connectivity index (χ2n) is 8.12. The fraction of sp³-hybridized carbons (Fsp3) is 0.174. The quantitative estimate of drug-likeness (QED) is 0.326. The first-order chi connectivity index (χ1) is 17.1. The Morgan fingerprint density at radius 1 is 1.17 bits per heavy atom. The van der Waals surface area contributed by atoms with Gasteiger partial charge in [0, 0.05) is 41.6 Å². The lowest BCUT2D eigenvalue weighted by molar-refractivity contribution is -0.141. The number of halogens is 5. The summed E-state index contributed by atoms with van der Waals surface area (Å²) in [4.78, 5) is 24.0. The lowest BCUT2D eigenvalue weighted by Crippen LogP contribution is -2.10. The van der Waals surface area contributed by atoms with Crippen LogP contribution in [-0.4, -0.2) is 35.8 Å².